The molecule has 2 N–H and O–H groups in total. The van der Waals surface area contributed by atoms with Crippen LogP contribution in [0.3, 0.4) is 0 Å². The Labute approximate surface area is 138 Å². The molecule has 0 aromatic rings. The Morgan fingerprint density at radius 2 is 1.70 bits per heavy atom. The van der Waals surface area contributed by atoms with Crippen molar-refractivity contribution in [1.82, 2.24) is 20.4 Å². The summed E-state index contributed by atoms with van der Waals surface area (Å²) < 4.78 is 10.9. The molecule has 4 saturated heterocycles. The number of fused-ring (bicyclic) bond motifs is 2. The fourth-order valence-corrected chi connectivity index (χ4v) is 3.63. The van der Waals surface area contributed by atoms with Gasteiger partial charge in [-0.3, -0.25) is 9.69 Å². The number of rotatable bonds is 0. The quantitative estimate of drug-likeness (QED) is 0.588. The number of morpholine rings is 2. The van der Waals surface area contributed by atoms with Crippen LogP contribution in [0.15, 0.2) is 0 Å². The summed E-state index contributed by atoms with van der Waals surface area (Å²) in [5.74, 6) is 0.146. The van der Waals surface area contributed by atoms with E-state index in [1.165, 1.54) is 6.54 Å². The first-order valence-corrected chi connectivity index (χ1v) is 8.84. The minimum absolute atomic E-state index is 0.146. The van der Waals surface area contributed by atoms with Gasteiger partial charge in [-0.05, 0) is 13.8 Å². The number of carbonyl (C=O) groups is 1. The van der Waals surface area contributed by atoms with Gasteiger partial charge in [0.05, 0.1) is 25.4 Å². The maximum atomic E-state index is 11.5. The van der Waals surface area contributed by atoms with Crippen LogP contribution >= 0.6 is 0 Å². The summed E-state index contributed by atoms with van der Waals surface area (Å²) in [5, 5.41) is 6.62. The lowest BCUT2D eigenvalue weighted by Crippen LogP contribution is -2.61. The van der Waals surface area contributed by atoms with Gasteiger partial charge in [-0.25, -0.2) is 0 Å². The highest BCUT2D eigenvalue weighted by Gasteiger charge is 2.34. The van der Waals surface area contributed by atoms with E-state index >= 15 is 0 Å². The van der Waals surface area contributed by atoms with Gasteiger partial charge >= 0.3 is 0 Å². The zero-order chi connectivity index (χ0) is 16.2. The molecule has 0 bridgehead atoms. The highest BCUT2D eigenvalue weighted by Crippen LogP contribution is 2.14. The van der Waals surface area contributed by atoms with Crippen LogP contribution < -0.4 is 10.6 Å². The molecule has 4 rings (SSSR count). The Kier molecular flexibility index (Phi) is 5.87. The molecule has 0 radical (unpaired) electrons. The van der Waals surface area contributed by atoms with Crippen LogP contribution in [0.2, 0.25) is 0 Å². The van der Waals surface area contributed by atoms with Gasteiger partial charge in [0.15, 0.2) is 0 Å². The molecule has 4 aliphatic heterocycles. The fraction of sp³-hybridized carbons (Fsp3) is 0.938. The maximum absolute atomic E-state index is 11.5. The molecule has 7 heteroatoms. The van der Waals surface area contributed by atoms with Crippen molar-refractivity contribution in [2.75, 3.05) is 59.0 Å². The first kappa shape index (κ1) is 17.1. The van der Waals surface area contributed by atoms with Crippen LogP contribution in [-0.2, 0) is 14.3 Å². The van der Waals surface area contributed by atoms with Crippen LogP contribution in [0.5, 0.6) is 0 Å². The molecule has 4 heterocycles. The molecular formula is C16H30N4O3. The van der Waals surface area contributed by atoms with Crippen molar-refractivity contribution in [1.29, 1.82) is 0 Å². The van der Waals surface area contributed by atoms with Gasteiger partial charge in [0, 0.05) is 51.9 Å². The van der Waals surface area contributed by atoms with Gasteiger partial charge in [-0.1, -0.05) is 0 Å². The van der Waals surface area contributed by atoms with E-state index in [-0.39, 0.29) is 18.1 Å². The minimum Gasteiger partial charge on any atom is -0.376 e. The lowest BCUT2D eigenvalue weighted by Gasteiger charge is -2.41. The van der Waals surface area contributed by atoms with Gasteiger partial charge in [0.25, 0.3) is 5.91 Å². The van der Waals surface area contributed by atoms with Gasteiger partial charge in [0.2, 0.25) is 0 Å². The molecule has 1 amide bonds. The Balaban J connectivity index is 0.000000136. The van der Waals surface area contributed by atoms with Crippen LogP contribution in [-0.4, -0.2) is 99.0 Å². The Morgan fingerprint density at radius 1 is 1.00 bits per heavy atom. The molecule has 0 aromatic carbocycles. The van der Waals surface area contributed by atoms with E-state index in [4.69, 9.17) is 9.47 Å². The number of piperazine rings is 2. The van der Waals surface area contributed by atoms with Gasteiger partial charge in [-0.2, -0.15) is 0 Å². The second-order valence-electron chi connectivity index (χ2n) is 6.86. The first-order valence-electron chi connectivity index (χ1n) is 8.84. The molecule has 23 heavy (non-hydrogen) atoms. The zero-order valence-corrected chi connectivity index (χ0v) is 14.3. The standard InChI is InChI=1S/C8H14N2O2.C8H16N2O/c1-6-8(11)10-3-2-9-4-7(10)5-12-6;1-7-5-10-3-2-9-4-8(10)6-11-7/h6-7,9H,2-5H2,1H3;7-9H,2-6H2,1H3/t6-,7-;7-,8-/m00/s1. The van der Waals surface area contributed by atoms with Crippen molar-refractivity contribution in [2.45, 2.75) is 38.1 Å². The van der Waals surface area contributed by atoms with Crippen molar-refractivity contribution < 1.29 is 14.3 Å². The Hall–Kier alpha value is -0.730. The van der Waals surface area contributed by atoms with E-state index in [1.54, 1.807) is 0 Å². The van der Waals surface area contributed by atoms with E-state index < -0.39 is 0 Å². The highest BCUT2D eigenvalue weighted by atomic mass is 16.5. The molecule has 0 unspecified atom stereocenters. The summed E-state index contributed by atoms with van der Waals surface area (Å²) in [6, 6.07) is 0.905. The smallest absolute Gasteiger partial charge is 0.251 e. The van der Waals surface area contributed by atoms with Crippen molar-refractivity contribution in [3.05, 3.63) is 0 Å². The summed E-state index contributed by atoms with van der Waals surface area (Å²) in [6.45, 7) is 12.7. The maximum Gasteiger partial charge on any atom is 0.251 e. The Bertz CT molecular complexity index is 409. The summed E-state index contributed by atoms with van der Waals surface area (Å²) >= 11 is 0. The average molecular weight is 326 g/mol. The topological polar surface area (TPSA) is 66.1 Å². The number of hydrogen-bond donors (Lipinski definition) is 2. The average Bonchev–Trinajstić information content (AvgIpc) is 2.59. The van der Waals surface area contributed by atoms with Gasteiger partial charge < -0.3 is 25.0 Å². The van der Waals surface area contributed by atoms with E-state index in [1.807, 2.05) is 11.8 Å². The van der Waals surface area contributed by atoms with Gasteiger partial charge in [-0.15, -0.1) is 0 Å². The SMILES string of the molecule is C[C@@H]1OC[C@@H]2CNCCN2C1=O.C[C@H]1CN2CCNC[C@H]2CO1. The molecule has 0 saturated carbocycles. The summed E-state index contributed by atoms with van der Waals surface area (Å²) in [6.07, 6.45) is 0.198. The fourth-order valence-electron chi connectivity index (χ4n) is 3.63. The predicted molar refractivity (Wildman–Crippen MR) is 87.4 cm³/mol. The van der Waals surface area contributed by atoms with E-state index in [0.717, 1.165) is 45.9 Å². The second kappa shape index (κ2) is 7.90. The number of ether oxygens (including phenoxy) is 2. The summed E-state index contributed by atoms with van der Waals surface area (Å²) in [4.78, 5) is 16.0. The Morgan fingerprint density at radius 3 is 2.52 bits per heavy atom. The molecule has 132 valence electrons. The van der Waals surface area contributed by atoms with E-state index in [2.05, 4.69) is 22.5 Å². The highest BCUT2D eigenvalue weighted by molar-refractivity contribution is 5.81. The van der Waals surface area contributed by atoms with Crippen LogP contribution in [0.4, 0.5) is 0 Å². The molecule has 0 aromatic heterocycles. The minimum atomic E-state index is -0.237. The number of amides is 1. The van der Waals surface area contributed by atoms with Crippen LogP contribution in [0, 0.1) is 0 Å². The number of carbonyl (C=O) groups excluding carboxylic acids is 1. The van der Waals surface area contributed by atoms with Crippen molar-refractivity contribution in [2.24, 2.45) is 0 Å². The summed E-state index contributed by atoms with van der Waals surface area (Å²) in [5.41, 5.74) is 0. The van der Waals surface area contributed by atoms with Crippen LogP contribution in [0.1, 0.15) is 13.8 Å². The molecule has 4 atom stereocenters. The monoisotopic (exact) mass is 326 g/mol. The number of hydrogen-bond acceptors (Lipinski definition) is 6. The third-order valence-electron chi connectivity index (χ3n) is 5.06. The lowest BCUT2D eigenvalue weighted by atomic mass is 10.1. The van der Waals surface area contributed by atoms with Crippen molar-refractivity contribution >= 4 is 5.91 Å². The molecule has 4 fully saturated rings. The second-order valence-corrected chi connectivity index (χ2v) is 6.86. The molecule has 0 spiro atoms. The molecule has 7 nitrogen and oxygen atoms in total. The first-order chi connectivity index (χ1) is 11.1. The zero-order valence-electron chi connectivity index (χ0n) is 14.3. The van der Waals surface area contributed by atoms with Crippen LogP contribution in [0.25, 0.3) is 0 Å². The normalized spacial score (nSPS) is 38.2. The molecule has 0 aliphatic carbocycles. The number of nitrogens with zero attached hydrogens (tertiary/aromatic N) is 2. The van der Waals surface area contributed by atoms with Gasteiger partial charge in [0.1, 0.15) is 6.10 Å². The predicted octanol–water partition coefficient (Wildman–Crippen LogP) is -1.12. The molecule has 4 aliphatic rings. The van der Waals surface area contributed by atoms with E-state index in [9.17, 15) is 4.79 Å². The summed E-state index contributed by atoms with van der Waals surface area (Å²) in [7, 11) is 0. The largest absolute Gasteiger partial charge is 0.376 e. The van der Waals surface area contributed by atoms with Crippen molar-refractivity contribution in [3.63, 3.8) is 0 Å². The third kappa shape index (κ3) is 4.22. The molecular weight excluding hydrogens is 296 g/mol. The van der Waals surface area contributed by atoms with E-state index in [0.29, 0.717) is 18.8 Å². The third-order valence-corrected chi connectivity index (χ3v) is 5.06. The van der Waals surface area contributed by atoms with Crippen molar-refractivity contribution in [3.8, 4) is 0 Å². The lowest BCUT2D eigenvalue weighted by molar-refractivity contribution is -0.159. The number of nitrogens with one attached hydrogen (secondary N) is 2.